The summed E-state index contributed by atoms with van der Waals surface area (Å²) in [7, 11) is 1.55. The van der Waals surface area contributed by atoms with Gasteiger partial charge in [-0.15, -0.1) is 10.2 Å². The molecule has 0 aliphatic heterocycles. The average Bonchev–Trinajstić information content (AvgIpc) is 3.04. The number of hydrogen-bond acceptors (Lipinski definition) is 8. The van der Waals surface area contributed by atoms with Gasteiger partial charge in [0.05, 0.1) is 36.2 Å². The largest absolute Gasteiger partial charge is 0.505 e. The Hall–Kier alpha value is -5.80. The zero-order valence-corrected chi connectivity index (χ0v) is 25.0. The molecule has 0 unspecified atom stereocenters. The van der Waals surface area contributed by atoms with Crippen LogP contribution in [-0.2, 0) is 11.4 Å². The number of carbonyl (C=O) groups excluding carboxylic acids is 1. The maximum absolute atomic E-state index is 13.7. The highest BCUT2D eigenvalue weighted by Crippen LogP contribution is 2.41. The number of hydrogen-bond donors (Lipinski definition) is 3. The normalized spacial score (nSPS) is 11.3. The summed E-state index contributed by atoms with van der Waals surface area (Å²) in [5.41, 5.74) is 8.37. The molecule has 224 valence electrons. The molecule has 5 aromatic carbocycles. The molecule has 9 nitrogen and oxygen atoms in total. The molecular formula is C36H31N5O4. The molecule has 6 aromatic rings. The number of anilines is 2. The summed E-state index contributed by atoms with van der Waals surface area (Å²) in [6.45, 7) is 4.09. The highest BCUT2D eigenvalue weighted by molar-refractivity contribution is 6.14. The Morgan fingerprint density at radius 3 is 2.49 bits per heavy atom. The van der Waals surface area contributed by atoms with Gasteiger partial charge in [0.25, 0.3) is 5.91 Å². The first-order valence-corrected chi connectivity index (χ1v) is 14.3. The third-order valence-corrected chi connectivity index (χ3v) is 7.28. The van der Waals surface area contributed by atoms with Gasteiger partial charge in [-0.3, -0.25) is 20.1 Å². The highest BCUT2D eigenvalue weighted by Gasteiger charge is 2.20. The molecular weight excluding hydrogens is 566 g/mol. The minimum Gasteiger partial charge on any atom is -0.505 e. The molecule has 1 heterocycles. The SMILES string of the molecule is COc1ccc(CONc2ccccc2)cc1N=Nc1c(O)c(C(=O)Nc2cc(C)nc3ccccc23)cc2cc(C)ccc12. The van der Waals surface area contributed by atoms with E-state index in [0.29, 0.717) is 22.5 Å². The number of rotatable bonds is 9. The average molecular weight is 598 g/mol. The second-order valence-electron chi connectivity index (χ2n) is 10.6. The second kappa shape index (κ2) is 12.8. The van der Waals surface area contributed by atoms with Crippen LogP contribution in [0, 0.1) is 13.8 Å². The maximum atomic E-state index is 13.7. The van der Waals surface area contributed by atoms with Crippen LogP contribution in [0.4, 0.5) is 22.7 Å². The first-order chi connectivity index (χ1) is 21.9. The van der Waals surface area contributed by atoms with Crippen molar-refractivity contribution in [2.24, 2.45) is 10.2 Å². The molecule has 0 atom stereocenters. The standard InChI is InChI=1S/C36H31N5O4/c1-22-13-15-27-25(17-22)20-29(36(43)38-31-18-23(2)37-30-12-8-7-11-28(30)31)35(42)34(27)40-39-32-19-24(14-16-33(32)44-3)21-45-41-26-9-5-4-6-10-26/h4-20,41-42H,21H2,1-3H3,(H,37,38,43). The van der Waals surface area contributed by atoms with Crippen LogP contribution in [0.1, 0.15) is 27.2 Å². The summed E-state index contributed by atoms with van der Waals surface area (Å²) >= 11 is 0. The summed E-state index contributed by atoms with van der Waals surface area (Å²) in [5.74, 6) is -0.272. The Balaban J connectivity index is 1.34. The molecule has 0 saturated heterocycles. The van der Waals surface area contributed by atoms with Crippen molar-refractivity contribution >= 4 is 50.3 Å². The van der Waals surface area contributed by atoms with Crippen molar-refractivity contribution in [3.8, 4) is 11.5 Å². The molecule has 0 radical (unpaired) electrons. The van der Waals surface area contributed by atoms with Crippen LogP contribution in [0.2, 0.25) is 0 Å². The lowest BCUT2D eigenvalue weighted by Gasteiger charge is -2.13. The van der Waals surface area contributed by atoms with Gasteiger partial charge in [0.1, 0.15) is 17.1 Å². The fourth-order valence-electron chi connectivity index (χ4n) is 5.09. The van der Waals surface area contributed by atoms with E-state index in [1.807, 2.05) is 92.7 Å². The van der Waals surface area contributed by atoms with Gasteiger partial charge in [-0.05, 0) is 67.3 Å². The zero-order chi connectivity index (χ0) is 31.3. The minimum atomic E-state index is -0.481. The number of aromatic nitrogens is 1. The quantitative estimate of drug-likeness (QED) is 0.113. The molecule has 9 heteroatoms. The summed E-state index contributed by atoms with van der Waals surface area (Å²) in [4.78, 5) is 23.9. The lowest BCUT2D eigenvalue weighted by Crippen LogP contribution is -2.13. The number of para-hydroxylation sites is 2. The van der Waals surface area contributed by atoms with E-state index in [1.165, 1.54) is 0 Å². The Morgan fingerprint density at radius 1 is 0.867 bits per heavy atom. The lowest BCUT2D eigenvalue weighted by molar-refractivity contribution is 0.102. The molecule has 0 aliphatic carbocycles. The lowest BCUT2D eigenvalue weighted by atomic mass is 10.0. The van der Waals surface area contributed by atoms with Crippen molar-refractivity contribution in [1.82, 2.24) is 4.98 Å². The number of nitrogens with one attached hydrogen (secondary N) is 2. The number of phenolic OH excluding ortho intramolecular Hbond substituents is 1. The van der Waals surface area contributed by atoms with Crippen LogP contribution in [0.25, 0.3) is 21.7 Å². The summed E-state index contributed by atoms with van der Waals surface area (Å²) in [5, 5.41) is 25.6. The fraction of sp³-hybridized carbons (Fsp3) is 0.111. The summed E-state index contributed by atoms with van der Waals surface area (Å²) in [6.07, 6.45) is 0. The van der Waals surface area contributed by atoms with Crippen molar-refractivity contribution in [2.45, 2.75) is 20.5 Å². The van der Waals surface area contributed by atoms with E-state index >= 15 is 0 Å². The van der Waals surface area contributed by atoms with E-state index in [0.717, 1.165) is 38.8 Å². The first-order valence-electron chi connectivity index (χ1n) is 14.3. The van der Waals surface area contributed by atoms with Gasteiger partial charge in [0, 0.05) is 16.5 Å². The Morgan fingerprint density at radius 2 is 1.67 bits per heavy atom. The molecule has 45 heavy (non-hydrogen) atoms. The smallest absolute Gasteiger partial charge is 0.259 e. The zero-order valence-electron chi connectivity index (χ0n) is 25.0. The number of pyridine rings is 1. The van der Waals surface area contributed by atoms with Crippen molar-refractivity contribution in [2.75, 3.05) is 17.9 Å². The van der Waals surface area contributed by atoms with Crippen LogP contribution in [-0.4, -0.2) is 23.1 Å². The van der Waals surface area contributed by atoms with Crippen LogP contribution >= 0.6 is 0 Å². The summed E-state index contributed by atoms with van der Waals surface area (Å²) < 4.78 is 5.53. The molecule has 3 N–H and O–H groups in total. The van der Waals surface area contributed by atoms with Crippen LogP contribution in [0.15, 0.2) is 113 Å². The van der Waals surface area contributed by atoms with Gasteiger partial charge < -0.3 is 15.2 Å². The second-order valence-corrected chi connectivity index (χ2v) is 10.6. The molecule has 0 aliphatic rings. The number of benzene rings is 5. The number of nitrogens with zero attached hydrogens (tertiary/aromatic N) is 3. The van der Waals surface area contributed by atoms with Gasteiger partial charge in [0.2, 0.25) is 0 Å². The predicted molar refractivity (Wildman–Crippen MR) is 177 cm³/mol. The topological polar surface area (TPSA) is 117 Å². The molecule has 0 saturated carbocycles. The van der Waals surface area contributed by atoms with E-state index in [1.54, 1.807) is 31.4 Å². The Labute approximate surface area is 260 Å². The van der Waals surface area contributed by atoms with Gasteiger partial charge in [-0.1, -0.05) is 66.2 Å². The van der Waals surface area contributed by atoms with Crippen LogP contribution in [0.5, 0.6) is 11.5 Å². The number of phenols is 1. The highest BCUT2D eigenvalue weighted by atomic mass is 16.6. The van der Waals surface area contributed by atoms with Crippen molar-refractivity contribution in [1.29, 1.82) is 0 Å². The van der Waals surface area contributed by atoms with Gasteiger partial charge in [-0.2, -0.15) is 0 Å². The Kier molecular flexibility index (Phi) is 8.35. The van der Waals surface area contributed by atoms with Crippen LogP contribution in [0.3, 0.4) is 0 Å². The number of fused-ring (bicyclic) bond motifs is 2. The number of ether oxygens (including phenoxy) is 1. The molecule has 0 spiro atoms. The monoisotopic (exact) mass is 597 g/mol. The Bertz CT molecular complexity index is 2060. The number of azo groups is 1. The molecule has 0 bridgehead atoms. The van der Waals surface area contributed by atoms with Crippen molar-refractivity contribution in [3.05, 3.63) is 126 Å². The van der Waals surface area contributed by atoms with E-state index < -0.39 is 5.91 Å². The van der Waals surface area contributed by atoms with E-state index in [9.17, 15) is 9.90 Å². The number of carbonyl (C=O) groups is 1. The van der Waals surface area contributed by atoms with E-state index in [4.69, 9.17) is 9.57 Å². The third-order valence-electron chi connectivity index (χ3n) is 7.28. The number of aromatic hydroxyl groups is 1. The van der Waals surface area contributed by atoms with Gasteiger partial charge in [-0.25, -0.2) is 0 Å². The fourth-order valence-corrected chi connectivity index (χ4v) is 5.09. The number of methoxy groups -OCH3 is 1. The minimum absolute atomic E-state index is 0.0710. The van der Waals surface area contributed by atoms with Crippen molar-refractivity contribution < 1.29 is 19.5 Å². The molecule has 1 aromatic heterocycles. The van der Waals surface area contributed by atoms with Gasteiger partial charge in [0.15, 0.2) is 5.75 Å². The predicted octanol–water partition coefficient (Wildman–Crippen LogP) is 8.93. The van der Waals surface area contributed by atoms with E-state index in [2.05, 4.69) is 26.0 Å². The molecule has 6 rings (SSSR count). The van der Waals surface area contributed by atoms with Crippen molar-refractivity contribution in [3.63, 3.8) is 0 Å². The molecule has 1 amide bonds. The van der Waals surface area contributed by atoms with Crippen LogP contribution < -0.4 is 15.5 Å². The van der Waals surface area contributed by atoms with Gasteiger partial charge >= 0.3 is 0 Å². The maximum Gasteiger partial charge on any atom is 0.259 e. The van der Waals surface area contributed by atoms with E-state index in [-0.39, 0.29) is 23.6 Å². The molecule has 0 fully saturated rings. The number of aryl methyl sites for hydroxylation is 2. The first kappa shape index (κ1) is 29.3. The number of amides is 1. The summed E-state index contributed by atoms with van der Waals surface area (Å²) in [6, 6.07) is 31.8. The third kappa shape index (κ3) is 6.43.